The first-order chi connectivity index (χ1) is 22.7. The lowest BCUT2D eigenvalue weighted by Crippen LogP contribution is -2.46. The standard InChI is InChI=1S/C30H43N5O4.C4H4O4/c36-30(33(23-8-21-31-17-4-5-18-31)24-9-22-32-19-6-7-20-32)34(27-13-15-28(16-14-27)35(37)38)25-10-26-39-29-11-2-1-3-12-29;5-3(6)1-2-4(7)8/h1-3,11-16H,4-10,17-26H2;1-2H,(H,5,6)(H,7,8)/b;2-1-. The number of rotatable bonds is 17. The highest BCUT2D eigenvalue weighted by molar-refractivity contribution is 5.92. The predicted octanol–water partition coefficient (Wildman–Crippen LogP) is 4.98. The third-order valence-electron chi connectivity index (χ3n) is 7.98. The molecule has 0 aliphatic carbocycles. The molecule has 0 atom stereocenters. The Morgan fingerprint density at radius 1 is 0.766 bits per heavy atom. The SMILES string of the molecule is O=C(N(CCCN1CCCC1)CCCN1CCCC1)N(CCCOc1ccccc1)c1ccc([N+](=O)[O-])cc1.O=C(O)/C=C\C(=O)O. The Hall–Kier alpha value is -4.49. The number of urea groups is 1. The summed E-state index contributed by atoms with van der Waals surface area (Å²) in [5.74, 6) is -1.71. The number of hydrogen-bond acceptors (Lipinski definition) is 8. The summed E-state index contributed by atoms with van der Waals surface area (Å²) in [4.78, 5) is 52.7. The molecule has 0 bridgehead atoms. The van der Waals surface area contributed by atoms with Crippen LogP contribution in [0.15, 0.2) is 66.7 Å². The highest BCUT2D eigenvalue weighted by Gasteiger charge is 2.24. The van der Waals surface area contributed by atoms with Crippen molar-refractivity contribution < 1.29 is 34.3 Å². The normalized spacial score (nSPS) is 14.8. The van der Waals surface area contributed by atoms with E-state index in [0.29, 0.717) is 50.5 Å². The van der Waals surface area contributed by atoms with Gasteiger partial charge in [0.15, 0.2) is 0 Å². The van der Waals surface area contributed by atoms with Gasteiger partial charge in [0.25, 0.3) is 5.69 Å². The van der Waals surface area contributed by atoms with Crippen molar-refractivity contribution in [1.29, 1.82) is 0 Å². The molecule has 0 radical (unpaired) electrons. The van der Waals surface area contributed by atoms with Crippen LogP contribution in [0.3, 0.4) is 0 Å². The molecule has 2 N–H and O–H groups in total. The molecule has 2 aromatic rings. The van der Waals surface area contributed by atoms with Gasteiger partial charge in [0, 0.05) is 49.6 Å². The summed E-state index contributed by atoms with van der Waals surface area (Å²) >= 11 is 0. The summed E-state index contributed by atoms with van der Waals surface area (Å²) in [6.45, 7) is 9.00. The number of para-hydroxylation sites is 1. The van der Waals surface area contributed by atoms with Crippen LogP contribution < -0.4 is 9.64 Å². The molecular formula is C34H47N5O8. The lowest BCUT2D eigenvalue weighted by molar-refractivity contribution is -0.384. The summed E-state index contributed by atoms with van der Waals surface area (Å²) < 4.78 is 5.87. The summed E-state index contributed by atoms with van der Waals surface area (Å²) in [6.07, 6.45) is 8.70. The summed E-state index contributed by atoms with van der Waals surface area (Å²) in [7, 11) is 0. The number of nitrogens with zero attached hydrogens (tertiary/aromatic N) is 5. The van der Waals surface area contributed by atoms with Crippen molar-refractivity contribution in [3.63, 3.8) is 0 Å². The van der Waals surface area contributed by atoms with Crippen molar-refractivity contribution in [2.45, 2.75) is 44.9 Å². The summed E-state index contributed by atoms with van der Waals surface area (Å²) in [5, 5.41) is 26.8. The first-order valence-corrected chi connectivity index (χ1v) is 16.3. The minimum atomic E-state index is -1.26. The van der Waals surface area contributed by atoms with Gasteiger partial charge in [0.05, 0.1) is 11.5 Å². The Morgan fingerprint density at radius 3 is 1.74 bits per heavy atom. The topological polar surface area (TPSA) is 157 Å². The molecule has 0 aromatic heterocycles. The highest BCUT2D eigenvalue weighted by atomic mass is 16.6. The van der Waals surface area contributed by atoms with Crippen LogP contribution in [-0.2, 0) is 9.59 Å². The molecule has 0 spiro atoms. The number of carboxylic acids is 2. The van der Waals surface area contributed by atoms with Crippen molar-refractivity contribution in [3.05, 3.63) is 76.9 Å². The Morgan fingerprint density at radius 2 is 1.28 bits per heavy atom. The number of aliphatic carboxylic acids is 2. The average molecular weight is 654 g/mol. The van der Waals surface area contributed by atoms with Crippen LogP contribution in [-0.4, -0.2) is 113 Å². The molecule has 2 heterocycles. The fraction of sp³-hybridized carbons (Fsp3) is 0.500. The Labute approximate surface area is 276 Å². The number of non-ortho nitro benzene ring substituents is 1. The van der Waals surface area contributed by atoms with E-state index in [9.17, 15) is 24.5 Å². The van der Waals surface area contributed by atoms with Crippen molar-refractivity contribution >= 4 is 29.3 Å². The molecule has 4 rings (SSSR count). The molecule has 2 amide bonds. The largest absolute Gasteiger partial charge is 0.494 e. The molecule has 2 aliphatic rings. The monoisotopic (exact) mass is 653 g/mol. The lowest BCUT2D eigenvalue weighted by atomic mass is 10.2. The Bertz CT molecular complexity index is 1240. The predicted molar refractivity (Wildman–Crippen MR) is 179 cm³/mol. The molecule has 256 valence electrons. The maximum absolute atomic E-state index is 14.0. The molecule has 13 nitrogen and oxygen atoms in total. The van der Waals surface area contributed by atoms with Crippen molar-refractivity contribution in [1.82, 2.24) is 14.7 Å². The third-order valence-corrected chi connectivity index (χ3v) is 7.98. The minimum absolute atomic E-state index is 0.0200. The van der Waals surface area contributed by atoms with Gasteiger partial charge in [-0.2, -0.15) is 0 Å². The highest BCUT2D eigenvalue weighted by Crippen LogP contribution is 2.22. The fourth-order valence-electron chi connectivity index (χ4n) is 5.62. The number of anilines is 1. The van der Waals surface area contributed by atoms with Gasteiger partial charge in [-0.1, -0.05) is 18.2 Å². The number of ether oxygens (including phenoxy) is 1. The zero-order chi connectivity index (χ0) is 33.9. The molecule has 0 unspecified atom stereocenters. The molecule has 0 saturated carbocycles. The number of hydrogen-bond donors (Lipinski definition) is 2. The van der Waals surface area contributed by atoms with E-state index in [1.54, 1.807) is 17.0 Å². The molecule has 2 aliphatic heterocycles. The summed E-state index contributed by atoms with van der Waals surface area (Å²) in [6, 6.07) is 15.9. The average Bonchev–Trinajstić information content (AvgIpc) is 3.79. The van der Waals surface area contributed by atoms with Crippen molar-refractivity contribution in [2.75, 3.05) is 70.4 Å². The maximum Gasteiger partial charge on any atom is 0.328 e. The van der Waals surface area contributed by atoms with E-state index in [4.69, 9.17) is 14.9 Å². The van der Waals surface area contributed by atoms with E-state index in [1.807, 2.05) is 35.2 Å². The van der Waals surface area contributed by atoms with E-state index in [1.165, 1.54) is 37.8 Å². The number of nitro benzene ring substituents is 1. The fourth-order valence-corrected chi connectivity index (χ4v) is 5.62. The lowest BCUT2D eigenvalue weighted by Gasteiger charge is -2.32. The van der Waals surface area contributed by atoms with Crippen LogP contribution in [0, 0.1) is 10.1 Å². The van der Waals surface area contributed by atoms with E-state index in [0.717, 1.165) is 57.9 Å². The molecule has 2 fully saturated rings. The van der Waals surface area contributed by atoms with Crippen LogP contribution in [0.25, 0.3) is 0 Å². The third kappa shape index (κ3) is 14.2. The van der Waals surface area contributed by atoms with Gasteiger partial charge >= 0.3 is 18.0 Å². The van der Waals surface area contributed by atoms with Crippen LogP contribution in [0.1, 0.15) is 44.9 Å². The number of nitro groups is 1. The number of benzene rings is 2. The molecule has 2 saturated heterocycles. The zero-order valence-electron chi connectivity index (χ0n) is 27.0. The van der Waals surface area contributed by atoms with Crippen molar-refractivity contribution in [2.24, 2.45) is 0 Å². The van der Waals surface area contributed by atoms with Gasteiger partial charge in [0.2, 0.25) is 0 Å². The number of likely N-dealkylation sites (tertiary alicyclic amines) is 2. The quantitative estimate of drug-likeness (QED) is 0.103. The Balaban J connectivity index is 0.000000665. The second kappa shape index (κ2) is 20.6. The van der Waals surface area contributed by atoms with Gasteiger partial charge in [-0.25, -0.2) is 14.4 Å². The van der Waals surface area contributed by atoms with E-state index < -0.39 is 16.9 Å². The molecule has 2 aromatic carbocycles. The number of carbonyl (C=O) groups excluding carboxylic acids is 1. The molecule has 47 heavy (non-hydrogen) atoms. The number of amides is 2. The van der Waals surface area contributed by atoms with Crippen LogP contribution in [0.5, 0.6) is 5.75 Å². The number of carbonyl (C=O) groups is 3. The maximum atomic E-state index is 14.0. The number of carboxylic acid groups (broad SMARTS) is 2. The van der Waals surface area contributed by atoms with E-state index in [-0.39, 0.29) is 11.7 Å². The van der Waals surface area contributed by atoms with E-state index >= 15 is 0 Å². The van der Waals surface area contributed by atoms with Gasteiger partial charge in [-0.15, -0.1) is 0 Å². The second-order valence-corrected chi connectivity index (χ2v) is 11.5. The molecule has 13 heteroatoms. The minimum Gasteiger partial charge on any atom is -0.494 e. The summed E-state index contributed by atoms with van der Waals surface area (Å²) in [5.41, 5.74) is 0.695. The second-order valence-electron chi connectivity index (χ2n) is 11.5. The molecular weight excluding hydrogens is 606 g/mol. The van der Waals surface area contributed by atoms with Crippen LogP contribution in [0.4, 0.5) is 16.2 Å². The van der Waals surface area contributed by atoms with E-state index in [2.05, 4.69) is 9.80 Å². The van der Waals surface area contributed by atoms with Crippen LogP contribution >= 0.6 is 0 Å². The van der Waals surface area contributed by atoms with Gasteiger partial charge in [0.1, 0.15) is 5.75 Å². The first-order valence-electron chi connectivity index (χ1n) is 16.3. The van der Waals surface area contributed by atoms with Crippen LogP contribution in [0.2, 0.25) is 0 Å². The first kappa shape index (κ1) is 37.0. The van der Waals surface area contributed by atoms with Gasteiger partial charge in [-0.05, 0) is 108 Å². The van der Waals surface area contributed by atoms with Gasteiger partial charge in [-0.3, -0.25) is 15.0 Å². The smallest absolute Gasteiger partial charge is 0.328 e. The Kier molecular flexibility index (Phi) is 16.2. The zero-order valence-corrected chi connectivity index (χ0v) is 27.0. The van der Waals surface area contributed by atoms with Gasteiger partial charge < -0.3 is 29.6 Å². The van der Waals surface area contributed by atoms with Crippen molar-refractivity contribution in [3.8, 4) is 5.75 Å².